The molecule has 20 heavy (non-hydrogen) atoms. The van der Waals surface area contributed by atoms with E-state index >= 15 is 0 Å². The highest BCUT2D eigenvalue weighted by molar-refractivity contribution is 7.13. The van der Waals surface area contributed by atoms with E-state index in [-0.39, 0.29) is 11.3 Å². The molecule has 1 N–H and O–H groups in total. The molecule has 7 heteroatoms. The van der Waals surface area contributed by atoms with Gasteiger partial charge in [-0.3, -0.25) is 9.48 Å². The normalized spacial score (nSPS) is 11.6. The first-order chi connectivity index (χ1) is 9.45. The van der Waals surface area contributed by atoms with Gasteiger partial charge in [-0.25, -0.2) is 9.97 Å². The number of hydrogen-bond donors (Lipinski definition) is 1. The minimum Gasteiger partial charge on any atom is -0.302 e. The van der Waals surface area contributed by atoms with Gasteiger partial charge < -0.3 is 5.32 Å². The number of aryl methyl sites for hydroxylation is 1. The third-order valence-electron chi connectivity index (χ3n) is 2.78. The minimum atomic E-state index is -0.0140. The SMILES string of the molecule is CC(C)(C)c1csc(NC(=O)CCCn2cncn2)n1. The molecule has 0 bridgehead atoms. The lowest BCUT2D eigenvalue weighted by atomic mass is 9.93. The molecule has 108 valence electrons. The van der Waals surface area contributed by atoms with E-state index in [1.54, 1.807) is 11.0 Å². The largest absolute Gasteiger partial charge is 0.302 e. The Morgan fingerprint density at radius 3 is 2.85 bits per heavy atom. The quantitative estimate of drug-likeness (QED) is 0.919. The molecule has 0 fully saturated rings. The maximum Gasteiger partial charge on any atom is 0.226 e. The van der Waals surface area contributed by atoms with Gasteiger partial charge >= 0.3 is 0 Å². The monoisotopic (exact) mass is 293 g/mol. The molecular weight excluding hydrogens is 274 g/mol. The van der Waals surface area contributed by atoms with Crippen LogP contribution >= 0.6 is 11.3 Å². The van der Waals surface area contributed by atoms with Gasteiger partial charge in [0.1, 0.15) is 12.7 Å². The summed E-state index contributed by atoms with van der Waals surface area (Å²) in [4.78, 5) is 20.1. The zero-order valence-corrected chi connectivity index (χ0v) is 12.8. The van der Waals surface area contributed by atoms with Crippen LogP contribution in [0.5, 0.6) is 0 Å². The fourth-order valence-corrected chi connectivity index (χ4v) is 2.56. The number of nitrogens with one attached hydrogen (secondary N) is 1. The van der Waals surface area contributed by atoms with Crippen molar-refractivity contribution in [2.45, 2.75) is 45.6 Å². The van der Waals surface area contributed by atoms with Gasteiger partial charge in [-0.05, 0) is 6.42 Å². The number of carbonyl (C=O) groups is 1. The van der Waals surface area contributed by atoms with Crippen LogP contribution in [0.15, 0.2) is 18.0 Å². The highest BCUT2D eigenvalue weighted by Gasteiger charge is 2.17. The molecule has 0 aliphatic heterocycles. The number of amides is 1. The first-order valence-electron chi connectivity index (χ1n) is 6.53. The second-order valence-corrected chi connectivity index (χ2v) is 6.46. The van der Waals surface area contributed by atoms with E-state index in [2.05, 4.69) is 41.2 Å². The molecule has 0 atom stereocenters. The van der Waals surface area contributed by atoms with Crippen molar-refractivity contribution in [2.24, 2.45) is 0 Å². The third-order valence-corrected chi connectivity index (χ3v) is 3.53. The van der Waals surface area contributed by atoms with Crippen LogP contribution in [-0.4, -0.2) is 25.7 Å². The summed E-state index contributed by atoms with van der Waals surface area (Å²) < 4.78 is 1.72. The molecule has 2 aromatic rings. The molecule has 0 aliphatic rings. The molecule has 0 saturated carbocycles. The summed E-state index contributed by atoms with van der Waals surface area (Å²) in [6.07, 6.45) is 4.31. The molecule has 0 unspecified atom stereocenters. The van der Waals surface area contributed by atoms with E-state index in [0.29, 0.717) is 18.1 Å². The van der Waals surface area contributed by atoms with Crippen molar-refractivity contribution >= 4 is 22.4 Å². The van der Waals surface area contributed by atoms with Crippen molar-refractivity contribution < 1.29 is 4.79 Å². The Bertz CT molecular complexity index is 556. The van der Waals surface area contributed by atoms with Gasteiger partial charge in [0.25, 0.3) is 0 Å². The average molecular weight is 293 g/mol. The maximum absolute atomic E-state index is 11.8. The predicted molar refractivity (Wildman–Crippen MR) is 78.7 cm³/mol. The fourth-order valence-electron chi connectivity index (χ4n) is 1.61. The molecule has 0 spiro atoms. The van der Waals surface area contributed by atoms with Crippen LogP contribution in [0.3, 0.4) is 0 Å². The summed E-state index contributed by atoms with van der Waals surface area (Å²) in [6.45, 7) is 7.00. The van der Waals surface area contributed by atoms with Crippen molar-refractivity contribution in [2.75, 3.05) is 5.32 Å². The highest BCUT2D eigenvalue weighted by atomic mass is 32.1. The lowest BCUT2D eigenvalue weighted by Crippen LogP contribution is -2.14. The summed E-state index contributed by atoms with van der Waals surface area (Å²) in [5, 5.41) is 9.49. The topological polar surface area (TPSA) is 72.7 Å². The summed E-state index contributed by atoms with van der Waals surface area (Å²) in [5.41, 5.74) is 1.01. The smallest absolute Gasteiger partial charge is 0.226 e. The van der Waals surface area contributed by atoms with Gasteiger partial charge in [0, 0.05) is 23.8 Å². The molecule has 0 aromatic carbocycles. The molecule has 2 aromatic heterocycles. The third kappa shape index (κ3) is 4.12. The zero-order valence-electron chi connectivity index (χ0n) is 12.0. The van der Waals surface area contributed by atoms with Gasteiger partial charge in [0.05, 0.1) is 5.69 Å². The van der Waals surface area contributed by atoms with Crippen LogP contribution in [0.1, 0.15) is 39.3 Å². The van der Waals surface area contributed by atoms with E-state index in [1.165, 1.54) is 17.7 Å². The van der Waals surface area contributed by atoms with Gasteiger partial charge in [0.2, 0.25) is 5.91 Å². The summed E-state index contributed by atoms with van der Waals surface area (Å²) in [5.74, 6) is -0.0140. The van der Waals surface area contributed by atoms with E-state index < -0.39 is 0 Å². The van der Waals surface area contributed by atoms with Crippen LogP contribution in [0.25, 0.3) is 0 Å². The molecule has 0 radical (unpaired) electrons. The molecule has 0 saturated heterocycles. The fraction of sp³-hybridized carbons (Fsp3) is 0.538. The van der Waals surface area contributed by atoms with Crippen LogP contribution < -0.4 is 5.32 Å². The Labute approximate surface area is 122 Å². The lowest BCUT2D eigenvalue weighted by Gasteiger charge is -2.14. The summed E-state index contributed by atoms with van der Waals surface area (Å²) >= 11 is 1.47. The second kappa shape index (κ2) is 6.13. The number of carbonyl (C=O) groups excluding carboxylic acids is 1. The Morgan fingerprint density at radius 2 is 2.25 bits per heavy atom. The van der Waals surface area contributed by atoms with E-state index in [9.17, 15) is 4.79 Å². The molecular formula is C13H19N5OS. The Morgan fingerprint density at radius 1 is 1.45 bits per heavy atom. The molecule has 2 rings (SSSR count). The summed E-state index contributed by atoms with van der Waals surface area (Å²) in [7, 11) is 0. The predicted octanol–water partition coefficient (Wildman–Crippen LogP) is 2.45. The Balaban J connectivity index is 1.78. The first kappa shape index (κ1) is 14.6. The van der Waals surface area contributed by atoms with Crippen molar-refractivity contribution in [3.8, 4) is 0 Å². The van der Waals surface area contributed by atoms with E-state index in [1.807, 2.05) is 5.38 Å². The van der Waals surface area contributed by atoms with E-state index in [4.69, 9.17) is 0 Å². The molecule has 0 aliphatic carbocycles. The number of thiazole rings is 1. The van der Waals surface area contributed by atoms with Crippen molar-refractivity contribution in [1.29, 1.82) is 0 Å². The van der Waals surface area contributed by atoms with Gasteiger partial charge in [-0.15, -0.1) is 11.3 Å². The van der Waals surface area contributed by atoms with Gasteiger partial charge in [-0.1, -0.05) is 20.8 Å². The van der Waals surface area contributed by atoms with Crippen molar-refractivity contribution in [3.05, 3.63) is 23.7 Å². The maximum atomic E-state index is 11.8. The number of nitrogens with zero attached hydrogens (tertiary/aromatic N) is 4. The number of rotatable bonds is 5. The first-order valence-corrected chi connectivity index (χ1v) is 7.41. The van der Waals surface area contributed by atoms with Crippen LogP contribution in [0.2, 0.25) is 0 Å². The average Bonchev–Trinajstić information content (AvgIpc) is 2.98. The van der Waals surface area contributed by atoms with Crippen LogP contribution in [-0.2, 0) is 16.8 Å². The van der Waals surface area contributed by atoms with Crippen molar-refractivity contribution in [3.63, 3.8) is 0 Å². The molecule has 1 amide bonds. The Kier molecular flexibility index (Phi) is 4.49. The lowest BCUT2D eigenvalue weighted by molar-refractivity contribution is -0.116. The molecule has 2 heterocycles. The zero-order chi connectivity index (χ0) is 14.6. The minimum absolute atomic E-state index is 0.00652. The number of aromatic nitrogens is 4. The van der Waals surface area contributed by atoms with Crippen LogP contribution in [0.4, 0.5) is 5.13 Å². The molecule has 6 nitrogen and oxygen atoms in total. The number of hydrogen-bond acceptors (Lipinski definition) is 5. The number of anilines is 1. The standard InChI is InChI=1S/C13H19N5OS/c1-13(2,3)10-7-20-12(16-10)17-11(19)5-4-6-18-9-14-8-15-18/h7-9H,4-6H2,1-3H3,(H,16,17,19). The van der Waals surface area contributed by atoms with Crippen LogP contribution in [0, 0.1) is 0 Å². The highest BCUT2D eigenvalue weighted by Crippen LogP contribution is 2.26. The van der Waals surface area contributed by atoms with Gasteiger partial charge in [-0.2, -0.15) is 5.10 Å². The second-order valence-electron chi connectivity index (χ2n) is 5.60. The van der Waals surface area contributed by atoms with E-state index in [0.717, 1.165) is 12.1 Å². The Hall–Kier alpha value is -1.76. The summed E-state index contributed by atoms with van der Waals surface area (Å²) in [6, 6.07) is 0. The van der Waals surface area contributed by atoms with Gasteiger partial charge in [0.15, 0.2) is 5.13 Å². The van der Waals surface area contributed by atoms with Crippen molar-refractivity contribution in [1.82, 2.24) is 19.7 Å².